The monoisotopic (exact) mass is 309 g/mol. The van der Waals surface area contributed by atoms with Gasteiger partial charge < -0.3 is 10.5 Å². The van der Waals surface area contributed by atoms with E-state index in [4.69, 9.17) is 0 Å². The highest BCUT2D eigenvalue weighted by molar-refractivity contribution is 7.91. The number of piperazine rings is 1. The third-order valence-electron chi connectivity index (χ3n) is 3.97. The molecule has 0 aliphatic carbocycles. The number of nitrogens with zero attached hydrogens (tertiary/aromatic N) is 2. The number of hydrogen-bond acceptors (Lipinski definition) is 5. The van der Waals surface area contributed by atoms with Gasteiger partial charge in [-0.05, 0) is 17.7 Å². The maximum Gasteiger partial charge on any atom is 0.164 e. The Labute approximate surface area is 123 Å². The lowest BCUT2D eigenvalue weighted by Crippen LogP contribution is -2.53. The fraction of sp³-hybridized carbons (Fsp3) is 0.429. The molecule has 7 heteroatoms. The van der Waals surface area contributed by atoms with Crippen molar-refractivity contribution in [1.29, 1.82) is 0 Å². The number of fused-ring (bicyclic) bond motifs is 1. The Morgan fingerprint density at radius 1 is 1.38 bits per heavy atom. The molecule has 2 heterocycles. The zero-order valence-corrected chi connectivity index (χ0v) is 12.7. The predicted octanol–water partition coefficient (Wildman–Crippen LogP) is 0.655. The second-order valence-electron chi connectivity index (χ2n) is 5.47. The van der Waals surface area contributed by atoms with Crippen LogP contribution in [0, 0.1) is 0 Å². The number of rotatable bonds is 3. The fourth-order valence-electron chi connectivity index (χ4n) is 2.90. The topological polar surface area (TPSA) is 74.6 Å². The molecule has 1 saturated heterocycles. The van der Waals surface area contributed by atoms with Gasteiger partial charge in [0.05, 0.1) is 5.52 Å². The molecule has 6 nitrogen and oxygen atoms in total. The molecule has 1 fully saturated rings. The van der Waals surface area contributed by atoms with Crippen molar-refractivity contribution in [2.24, 2.45) is 0 Å². The van der Waals surface area contributed by atoms with Crippen LogP contribution in [0.3, 0.4) is 0 Å². The van der Waals surface area contributed by atoms with Crippen molar-refractivity contribution in [2.75, 3.05) is 25.9 Å². The van der Waals surface area contributed by atoms with Crippen molar-refractivity contribution in [2.45, 2.75) is 11.9 Å². The molecule has 0 saturated carbocycles. The molecule has 0 bridgehead atoms. The molecule has 1 aliphatic heterocycles. The van der Waals surface area contributed by atoms with Crippen LogP contribution in [-0.4, -0.2) is 54.5 Å². The van der Waals surface area contributed by atoms with Crippen LogP contribution in [0.5, 0.6) is 0 Å². The van der Waals surface area contributed by atoms with E-state index in [1.165, 1.54) is 6.26 Å². The van der Waals surface area contributed by atoms with Gasteiger partial charge in [-0.2, -0.15) is 4.73 Å². The minimum absolute atomic E-state index is 0.454. The van der Waals surface area contributed by atoms with Crippen molar-refractivity contribution < 1.29 is 13.6 Å². The van der Waals surface area contributed by atoms with Gasteiger partial charge in [0.25, 0.3) is 0 Å². The molecule has 0 amide bonds. The lowest BCUT2D eigenvalue weighted by Gasteiger charge is -2.34. The highest BCUT2D eigenvalue weighted by Gasteiger charge is 2.30. The Kier molecular flexibility index (Phi) is 3.64. The molecule has 1 aromatic carbocycles. The molecular weight excluding hydrogens is 290 g/mol. The number of aromatic nitrogens is 1. The molecule has 114 valence electrons. The van der Waals surface area contributed by atoms with Gasteiger partial charge in [0.2, 0.25) is 0 Å². The average Bonchev–Trinajstić information content (AvgIpc) is 2.81. The van der Waals surface area contributed by atoms with Gasteiger partial charge in [-0.3, -0.25) is 4.90 Å². The largest absolute Gasteiger partial charge is 0.428 e. The maximum absolute atomic E-state index is 11.9. The summed E-state index contributed by atoms with van der Waals surface area (Å²) in [6, 6.07) is 7.54. The normalized spacial score (nSPS) is 20.9. The minimum atomic E-state index is -3.13. The molecule has 0 radical (unpaired) electrons. The SMILES string of the molecule is CS(=O)(=O)C1CNCCN1Cc1cccc2c1ccn2O. The summed E-state index contributed by atoms with van der Waals surface area (Å²) in [6.07, 6.45) is 2.88. The zero-order valence-electron chi connectivity index (χ0n) is 11.9. The summed E-state index contributed by atoms with van der Waals surface area (Å²) in [5.74, 6) is 0. The van der Waals surface area contributed by atoms with Crippen LogP contribution >= 0.6 is 0 Å². The summed E-state index contributed by atoms with van der Waals surface area (Å²) in [6.45, 7) is 2.48. The number of benzene rings is 1. The Hall–Kier alpha value is -1.57. The summed E-state index contributed by atoms with van der Waals surface area (Å²) in [7, 11) is -3.13. The second-order valence-corrected chi connectivity index (χ2v) is 7.67. The lowest BCUT2D eigenvalue weighted by atomic mass is 10.1. The predicted molar refractivity (Wildman–Crippen MR) is 81.0 cm³/mol. The van der Waals surface area contributed by atoms with Gasteiger partial charge in [-0.25, -0.2) is 8.42 Å². The van der Waals surface area contributed by atoms with Crippen molar-refractivity contribution in [3.8, 4) is 0 Å². The van der Waals surface area contributed by atoms with E-state index in [0.717, 1.165) is 27.7 Å². The number of sulfone groups is 1. The van der Waals surface area contributed by atoms with Gasteiger partial charge in [-0.15, -0.1) is 0 Å². The molecule has 3 rings (SSSR count). The molecule has 1 unspecified atom stereocenters. The molecule has 1 atom stereocenters. The molecule has 2 N–H and O–H groups in total. The van der Waals surface area contributed by atoms with Gasteiger partial charge in [0, 0.05) is 44.0 Å². The van der Waals surface area contributed by atoms with Crippen molar-refractivity contribution in [3.63, 3.8) is 0 Å². The third kappa shape index (κ3) is 2.76. The first kappa shape index (κ1) is 14.4. The summed E-state index contributed by atoms with van der Waals surface area (Å²) in [5, 5.41) is 13.3. The van der Waals surface area contributed by atoms with Crippen LogP contribution in [0.15, 0.2) is 30.5 Å². The number of hydrogen-bond donors (Lipinski definition) is 2. The van der Waals surface area contributed by atoms with E-state index in [-0.39, 0.29) is 0 Å². The van der Waals surface area contributed by atoms with Crippen molar-refractivity contribution >= 4 is 20.7 Å². The smallest absolute Gasteiger partial charge is 0.164 e. The molecular formula is C14H19N3O3S. The molecule has 1 aliphatic rings. The Bertz CT molecular complexity index is 754. The molecule has 1 aromatic heterocycles. The average molecular weight is 309 g/mol. The van der Waals surface area contributed by atoms with E-state index in [0.29, 0.717) is 19.6 Å². The Morgan fingerprint density at radius 2 is 2.19 bits per heavy atom. The minimum Gasteiger partial charge on any atom is -0.428 e. The highest BCUT2D eigenvalue weighted by Crippen LogP contribution is 2.22. The van der Waals surface area contributed by atoms with Crippen LogP contribution in [0.2, 0.25) is 0 Å². The van der Waals surface area contributed by atoms with Gasteiger partial charge in [0.1, 0.15) is 5.37 Å². The van der Waals surface area contributed by atoms with E-state index in [9.17, 15) is 13.6 Å². The quantitative estimate of drug-likeness (QED) is 0.815. The van der Waals surface area contributed by atoms with Gasteiger partial charge in [-0.1, -0.05) is 12.1 Å². The van der Waals surface area contributed by atoms with Crippen molar-refractivity contribution in [3.05, 3.63) is 36.0 Å². The highest BCUT2D eigenvalue weighted by atomic mass is 32.2. The van der Waals surface area contributed by atoms with Gasteiger partial charge >= 0.3 is 0 Å². The van der Waals surface area contributed by atoms with E-state index >= 15 is 0 Å². The van der Waals surface area contributed by atoms with E-state index < -0.39 is 15.2 Å². The van der Waals surface area contributed by atoms with Crippen LogP contribution in [0.25, 0.3) is 10.9 Å². The Morgan fingerprint density at radius 3 is 2.95 bits per heavy atom. The number of nitrogens with one attached hydrogen (secondary N) is 1. The van der Waals surface area contributed by atoms with Crippen molar-refractivity contribution in [1.82, 2.24) is 14.9 Å². The van der Waals surface area contributed by atoms with Crippen LogP contribution in [0.1, 0.15) is 5.56 Å². The Balaban J connectivity index is 1.93. The maximum atomic E-state index is 11.9. The lowest BCUT2D eigenvalue weighted by molar-refractivity contribution is 0.199. The summed E-state index contributed by atoms with van der Waals surface area (Å²) >= 11 is 0. The first-order valence-corrected chi connectivity index (χ1v) is 8.84. The van der Waals surface area contributed by atoms with E-state index in [1.807, 2.05) is 29.2 Å². The zero-order chi connectivity index (χ0) is 15.0. The van der Waals surface area contributed by atoms with Crippen LogP contribution < -0.4 is 5.32 Å². The van der Waals surface area contributed by atoms with Gasteiger partial charge in [0.15, 0.2) is 9.84 Å². The summed E-state index contributed by atoms with van der Waals surface area (Å²) < 4.78 is 24.9. The second kappa shape index (κ2) is 5.32. The van der Waals surface area contributed by atoms with E-state index in [2.05, 4.69) is 5.32 Å². The molecule has 0 spiro atoms. The van der Waals surface area contributed by atoms with E-state index in [1.54, 1.807) is 6.20 Å². The fourth-order valence-corrected chi connectivity index (χ4v) is 4.04. The summed E-state index contributed by atoms with van der Waals surface area (Å²) in [5.41, 5.74) is 1.76. The van der Waals surface area contributed by atoms with Crippen LogP contribution in [-0.2, 0) is 16.4 Å². The molecule has 21 heavy (non-hydrogen) atoms. The first-order valence-electron chi connectivity index (χ1n) is 6.88. The first-order chi connectivity index (χ1) is 9.97. The summed E-state index contributed by atoms with van der Waals surface area (Å²) in [4.78, 5) is 1.98. The van der Waals surface area contributed by atoms with Crippen LogP contribution in [0.4, 0.5) is 0 Å². The third-order valence-corrected chi connectivity index (χ3v) is 5.43. The standard InChI is InChI=1S/C14H19N3O3S/c1-21(19,20)14-9-15-6-8-16(14)10-11-3-2-4-13-12(11)5-7-17(13)18/h2-5,7,14-15,18H,6,8-10H2,1H3. The molecule has 2 aromatic rings.